The fourth-order valence-corrected chi connectivity index (χ4v) is 4.88. The lowest BCUT2D eigenvalue weighted by Crippen LogP contribution is -2.45. The van der Waals surface area contributed by atoms with E-state index < -0.39 is 16.7 Å². The zero-order chi connectivity index (χ0) is 24.5. The molecule has 2 amide bonds. The molecule has 1 aliphatic heterocycles. The maximum absolute atomic E-state index is 13.7. The summed E-state index contributed by atoms with van der Waals surface area (Å²) in [4.78, 5) is 44.6. The predicted molar refractivity (Wildman–Crippen MR) is 134 cm³/mol. The van der Waals surface area contributed by atoms with Gasteiger partial charge in [0.2, 0.25) is 0 Å². The van der Waals surface area contributed by atoms with Crippen LogP contribution in [0.4, 0.5) is 22.2 Å². The molecule has 0 atom stereocenters. The number of anilines is 3. The van der Waals surface area contributed by atoms with E-state index in [4.69, 9.17) is 4.74 Å². The molecule has 1 aromatic heterocycles. The third kappa shape index (κ3) is 4.31. The normalized spacial score (nSPS) is 12.8. The standard InChI is InChI=1S/C25H20N4O5S/c1-2-16-7-9-17(10-8-16)28(25-26-19-5-3-4-6-22(19)35-25)23(30)14-27-20-13-18(29(32)33)11-12-21(20)34-15-24(27)31/h3-13H,2,14-15H2,1H3. The van der Waals surface area contributed by atoms with Gasteiger partial charge in [-0.1, -0.05) is 42.5 Å². The molecule has 0 bridgehead atoms. The van der Waals surface area contributed by atoms with Gasteiger partial charge in [0.05, 0.1) is 26.5 Å². The van der Waals surface area contributed by atoms with Gasteiger partial charge >= 0.3 is 0 Å². The average molecular weight is 489 g/mol. The van der Waals surface area contributed by atoms with Gasteiger partial charge in [-0.2, -0.15) is 0 Å². The van der Waals surface area contributed by atoms with Gasteiger partial charge in [-0.25, -0.2) is 4.98 Å². The molecule has 0 N–H and O–H groups in total. The number of amides is 2. The van der Waals surface area contributed by atoms with Gasteiger partial charge in [-0.15, -0.1) is 0 Å². The highest BCUT2D eigenvalue weighted by Gasteiger charge is 2.32. The van der Waals surface area contributed by atoms with E-state index in [9.17, 15) is 19.7 Å². The highest BCUT2D eigenvalue weighted by molar-refractivity contribution is 7.22. The van der Waals surface area contributed by atoms with Crippen molar-refractivity contribution in [2.24, 2.45) is 0 Å². The van der Waals surface area contributed by atoms with Gasteiger partial charge in [-0.3, -0.25) is 29.5 Å². The van der Waals surface area contributed by atoms with Gasteiger partial charge in [-0.05, 0) is 42.3 Å². The van der Waals surface area contributed by atoms with Gasteiger partial charge in [0.15, 0.2) is 11.7 Å². The van der Waals surface area contributed by atoms with Crippen molar-refractivity contribution in [2.75, 3.05) is 23.0 Å². The Bertz CT molecular complexity index is 1420. The van der Waals surface area contributed by atoms with Crippen LogP contribution < -0.4 is 14.5 Å². The van der Waals surface area contributed by atoms with Gasteiger partial charge < -0.3 is 4.74 Å². The molecular formula is C25H20N4O5S. The number of aryl methyl sites for hydroxylation is 1. The predicted octanol–water partition coefficient (Wildman–Crippen LogP) is 4.86. The number of aromatic nitrogens is 1. The first-order valence-corrected chi connectivity index (χ1v) is 11.8. The van der Waals surface area contributed by atoms with Gasteiger partial charge in [0, 0.05) is 12.1 Å². The number of carbonyl (C=O) groups is 2. The molecule has 5 rings (SSSR count). The van der Waals surface area contributed by atoms with Crippen LogP contribution in [0.3, 0.4) is 0 Å². The van der Waals surface area contributed by atoms with E-state index in [2.05, 4.69) is 4.98 Å². The summed E-state index contributed by atoms with van der Waals surface area (Å²) in [5, 5.41) is 11.8. The Labute approximate surface area is 204 Å². The van der Waals surface area contributed by atoms with Crippen molar-refractivity contribution in [1.29, 1.82) is 0 Å². The molecule has 0 fully saturated rings. The number of hydrogen-bond donors (Lipinski definition) is 0. The third-order valence-electron chi connectivity index (χ3n) is 5.72. The minimum absolute atomic E-state index is 0.189. The van der Waals surface area contributed by atoms with Crippen molar-refractivity contribution >= 4 is 55.6 Å². The van der Waals surface area contributed by atoms with Crippen LogP contribution in [-0.2, 0) is 16.0 Å². The molecular weight excluding hydrogens is 468 g/mol. The Morgan fingerprint density at radius 2 is 1.94 bits per heavy atom. The molecule has 0 unspecified atom stereocenters. The van der Waals surface area contributed by atoms with Crippen molar-refractivity contribution in [3.05, 3.63) is 82.4 Å². The van der Waals surface area contributed by atoms with Crippen molar-refractivity contribution in [1.82, 2.24) is 4.98 Å². The minimum Gasteiger partial charge on any atom is -0.482 e. The number of nitro benzene ring substituents is 1. The number of ether oxygens (including phenoxy) is 1. The highest BCUT2D eigenvalue weighted by atomic mass is 32.1. The first-order chi connectivity index (χ1) is 16.9. The summed E-state index contributed by atoms with van der Waals surface area (Å²) in [5.41, 5.74) is 2.49. The lowest BCUT2D eigenvalue weighted by atomic mass is 10.1. The number of para-hydroxylation sites is 1. The molecule has 0 saturated heterocycles. The first kappa shape index (κ1) is 22.5. The molecule has 9 nitrogen and oxygen atoms in total. The Balaban J connectivity index is 1.54. The Hall–Kier alpha value is -4.31. The molecule has 35 heavy (non-hydrogen) atoms. The molecule has 3 aromatic carbocycles. The number of hydrogen-bond acceptors (Lipinski definition) is 7. The smallest absolute Gasteiger partial charge is 0.271 e. The maximum Gasteiger partial charge on any atom is 0.271 e. The van der Waals surface area contributed by atoms with E-state index in [1.807, 2.05) is 55.5 Å². The van der Waals surface area contributed by atoms with Crippen molar-refractivity contribution in [2.45, 2.75) is 13.3 Å². The topological polar surface area (TPSA) is 106 Å². The van der Waals surface area contributed by atoms with Crippen LogP contribution >= 0.6 is 11.3 Å². The van der Waals surface area contributed by atoms with Crippen molar-refractivity contribution in [3.8, 4) is 5.75 Å². The summed E-state index contributed by atoms with van der Waals surface area (Å²) in [6.45, 7) is 1.46. The summed E-state index contributed by atoms with van der Waals surface area (Å²) in [6, 6.07) is 19.2. The molecule has 0 spiro atoms. The Morgan fingerprint density at radius 3 is 2.66 bits per heavy atom. The van der Waals surface area contributed by atoms with Crippen LogP contribution in [0.2, 0.25) is 0 Å². The highest BCUT2D eigenvalue weighted by Crippen LogP contribution is 2.37. The molecule has 2 heterocycles. The molecule has 0 radical (unpaired) electrons. The quantitative estimate of drug-likeness (QED) is 0.284. The second-order valence-corrected chi connectivity index (χ2v) is 8.90. The number of nitrogens with zero attached hydrogens (tertiary/aromatic N) is 4. The summed E-state index contributed by atoms with van der Waals surface area (Å²) in [6.07, 6.45) is 0.854. The number of fused-ring (bicyclic) bond motifs is 2. The number of benzene rings is 3. The van der Waals surface area contributed by atoms with E-state index >= 15 is 0 Å². The molecule has 10 heteroatoms. The van der Waals surface area contributed by atoms with Crippen LogP contribution in [0.25, 0.3) is 10.2 Å². The first-order valence-electron chi connectivity index (χ1n) is 10.9. The molecule has 1 aliphatic rings. The second-order valence-electron chi connectivity index (χ2n) is 7.89. The minimum atomic E-state index is -0.553. The summed E-state index contributed by atoms with van der Waals surface area (Å²) < 4.78 is 6.35. The zero-order valence-electron chi connectivity index (χ0n) is 18.7. The van der Waals surface area contributed by atoms with E-state index in [0.717, 1.165) is 22.2 Å². The number of thiazole rings is 1. The fraction of sp³-hybridized carbons (Fsp3) is 0.160. The largest absolute Gasteiger partial charge is 0.482 e. The summed E-state index contributed by atoms with van der Waals surface area (Å²) in [7, 11) is 0. The average Bonchev–Trinajstić information content (AvgIpc) is 3.29. The van der Waals surface area contributed by atoms with E-state index in [0.29, 0.717) is 16.6 Å². The van der Waals surface area contributed by atoms with Crippen LogP contribution in [0.1, 0.15) is 12.5 Å². The lowest BCUT2D eigenvalue weighted by Gasteiger charge is -2.30. The van der Waals surface area contributed by atoms with E-state index in [1.54, 1.807) is 0 Å². The zero-order valence-corrected chi connectivity index (χ0v) is 19.5. The van der Waals surface area contributed by atoms with Crippen LogP contribution in [0.5, 0.6) is 5.75 Å². The Kier molecular flexibility index (Phi) is 5.87. The monoisotopic (exact) mass is 488 g/mol. The lowest BCUT2D eigenvalue weighted by molar-refractivity contribution is -0.384. The van der Waals surface area contributed by atoms with Crippen molar-refractivity contribution in [3.63, 3.8) is 0 Å². The van der Waals surface area contributed by atoms with E-state index in [-0.39, 0.29) is 24.5 Å². The molecule has 176 valence electrons. The van der Waals surface area contributed by atoms with Gasteiger partial charge in [0.25, 0.3) is 17.5 Å². The second kappa shape index (κ2) is 9.15. The molecule has 4 aromatic rings. The maximum atomic E-state index is 13.7. The number of non-ortho nitro benzene ring substituents is 1. The molecule has 0 aliphatic carbocycles. The third-order valence-corrected chi connectivity index (χ3v) is 6.74. The van der Waals surface area contributed by atoms with Crippen molar-refractivity contribution < 1.29 is 19.2 Å². The van der Waals surface area contributed by atoms with Crippen LogP contribution in [-0.4, -0.2) is 34.9 Å². The Morgan fingerprint density at radius 1 is 1.17 bits per heavy atom. The van der Waals surface area contributed by atoms with Crippen LogP contribution in [0, 0.1) is 10.1 Å². The SMILES string of the molecule is CCc1ccc(N(C(=O)CN2C(=O)COc3ccc([N+](=O)[O-])cc32)c2nc3ccccc3s2)cc1. The summed E-state index contributed by atoms with van der Waals surface area (Å²) in [5.74, 6) is -0.556. The van der Waals surface area contributed by atoms with E-state index in [1.165, 1.54) is 39.3 Å². The number of nitro groups is 1. The van der Waals surface area contributed by atoms with Gasteiger partial charge in [0.1, 0.15) is 12.3 Å². The molecule has 0 saturated carbocycles. The van der Waals surface area contributed by atoms with Crippen LogP contribution in [0.15, 0.2) is 66.7 Å². The number of carbonyl (C=O) groups excluding carboxylic acids is 2. The fourth-order valence-electron chi connectivity index (χ4n) is 3.88. The number of rotatable bonds is 6. The summed E-state index contributed by atoms with van der Waals surface area (Å²) >= 11 is 1.37.